The first kappa shape index (κ1) is 13.7. The highest BCUT2D eigenvalue weighted by Crippen LogP contribution is 2.37. The van der Waals surface area contributed by atoms with Crippen LogP contribution in [0.1, 0.15) is 5.56 Å². The van der Waals surface area contributed by atoms with Gasteiger partial charge in [0, 0.05) is 11.0 Å². The highest BCUT2D eigenvalue weighted by atomic mass is 35.5. The van der Waals surface area contributed by atoms with E-state index in [9.17, 15) is 4.79 Å². The number of rotatable bonds is 2. The Labute approximate surface area is 129 Å². The second kappa shape index (κ2) is 5.60. The Kier molecular flexibility index (Phi) is 3.83. The van der Waals surface area contributed by atoms with Crippen molar-refractivity contribution in [3.63, 3.8) is 0 Å². The van der Waals surface area contributed by atoms with E-state index in [1.165, 1.54) is 11.6 Å². The summed E-state index contributed by atoms with van der Waals surface area (Å²) in [5, 5.41) is 2.76. The first-order valence-electron chi connectivity index (χ1n) is 5.87. The predicted molar refractivity (Wildman–Crippen MR) is 80.5 cm³/mol. The number of aromatic nitrogens is 2. The molecule has 2 heterocycles. The molecule has 1 N–H and O–H groups in total. The van der Waals surface area contributed by atoms with Crippen LogP contribution < -0.4 is 5.32 Å². The van der Waals surface area contributed by atoms with Crippen LogP contribution in [-0.4, -0.2) is 21.1 Å². The summed E-state index contributed by atoms with van der Waals surface area (Å²) in [6.07, 6.45) is 0.708. The maximum atomic E-state index is 12.2. The minimum atomic E-state index is -0.167. The number of hydrogen-bond acceptors (Lipinski definition) is 4. The van der Waals surface area contributed by atoms with Gasteiger partial charge in [0.1, 0.15) is 11.0 Å². The number of anilines is 1. The Morgan fingerprint density at radius 2 is 2.10 bits per heavy atom. The molecule has 0 aliphatic carbocycles. The Morgan fingerprint density at radius 3 is 2.85 bits per heavy atom. The molecule has 20 heavy (non-hydrogen) atoms. The van der Waals surface area contributed by atoms with Crippen LogP contribution in [0.25, 0.3) is 0 Å². The van der Waals surface area contributed by atoms with Gasteiger partial charge in [0.05, 0.1) is 5.25 Å². The van der Waals surface area contributed by atoms with Crippen LogP contribution >= 0.6 is 35.0 Å². The molecule has 2 aromatic rings. The Hall–Kier alpha value is -1.30. The second-order valence-corrected chi connectivity index (χ2v) is 6.22. The molecule has 4 nitrogen and oxygen atoms in total. The van der Waals surface area contributed by atoms with Gasteiger partial charge in [0.2, 0.25) is 11.2 Å². The molecule has 0 spiro atoms. The fourth-order valence-electron chi connectivity index (χ4n) is 1.99. The molecule has 0 fully saturated rings. The van der Waals surface area contributed by atoms with Crippen molar-refractivity contribution >= 4 is 46.7 Å². The zero-order chi connectivity index (χ0) is 14.1. The molecule has 1 amide bonds. The smallest absolute Gasteiger partial charge is 0.239 e. The van der Waals surface area contributed by atoms with Crippen LogP contribution in [0.3, 0.4) is 0 Å². The maximum absolute atomic E-state index is 12.2. The van der Waals surface area contributed by atoms with E-state index in [1.54, 1.807) is 11.8 Å². The summed E-state index contributed by atoms with van der Waals surface area (Å²) < 4.78 is 0. The van der Waals surface area contributed by atoms with Gasteiger partial charge in [-0.25, -0.2) is 9.97 Å². The highest BCUT2D eigenvalue weighted by molar-refractivity contribution is 8.01. The van der Waals surface area contributed by atoms with Crippen molar-refractivity contribution in [2.75, 3.05) is 5.32 Å². The van der Waals surface area contributed by atoms with E-state index >= 15 is 0 Å². The molecular formula is C13H9Cl2N3OS. The third kappa shape index (κ3) is 2.90. The van der Waals surface area contributed by atoms with Crippen molar-refractivity contribution in [2.24, 2.45) is 0 Å². The van der Waals surface area contributed by atoms with E-state index in [0.717, 1.165) is 4.90 Å². The molecule has 3 rings (SSSR count). The molecule has 102 valence electrons. The zero-order valence-electron chi connectivity index (χ0n) is 10.1. The summed E-state index contributed by atoms with van der Waals surface area (Å²) in [4.78, 5) is 21.0. The first-order chi connectivity index (χ1) is 9.61. The van der Waals surface area contributed by atoms with Crippen molar-refractivity contribution < 1.29 is 4.79 Å². The van der Waals surface area contributed by atoms with Crippen LogP contribution in [-0.2, 0) is 11.2 Å². The van der Waals surface area contributed by atoms with Crippen molar-refractivity contribution in [3.05, 3.63) is 46.3 Å². The lowest BCUT2D eigenvalue weighted by Crippen LogP contribution is -2.25. The van der Waals surface area contributed by atoms with Crippen molar-refractivity contribution in [2.45, 2.75) is 16.6 Å². The number of halogens is 2. The SMILES string of the molecule is O=C(Nc1cc(Cl)nc(Cl)n1)C1Cc2ccccc2S1. The average Bonchev–Trinajstić information content (AvgIpc) is 2.81. The molecule has 0 radical (unpaired) electrons. The molecule has 1 aliphatic heterocycles. The third-order valence-corrected chi connectivity index (χ3v) is 4.54. The van der Waals surface area contributed by atoms with Gasteiger partial charge in [0.15, 0.2) is 0 Å². The standard InChI is InChI=1S/C13H9Cl2N3OS/c14-10-6-11(18-13(15)16-10)17-12(19)9-5-7-3-1-2-4-8(7)20-9/h1-4,6,9H,5H2,(H,16,17,18,19). The number of nitrogens with zero attached hydrogens (tertiary/aromatic N) is 2. The third-order valence-electron chi connectivity index (χ3n) is 2.86. The molecular weight excluding hydrogens is 317 g/mol. The Balaban J connectivity index is 1.72. The van der Waals surface area contributed by atoms with Gasteiger partial charge in [-0.2, -0.15) is 0 Å². The Morgan fingerprint density at radius 1 is 1.30 bits per heavy atom. The predicted octanol–water partition coefficient (Wildman–Crippen LogP) is 3.44. The van der Waals surface area contributed by atoms with Gasteiger partial charge in [-0.15, -0.1) is 11.8 Å². The van der Waals surface area contributed by atoms with Crippen LogP contribution in [0, 0.1) is 0 Å². The number of amides is 1. The van der Waals surface area contributed by atoms with E-state index in [2.05, 4.69) is 15.3 Å². The van der Waals surface area contributed by atoms with Crippen LogP contribution in [0.2, 0.25) is 10.4 Å². The summed E-state index contributed by atoms with van der Waals surface area (Å²) in [5.74, 6) is 0.202. The number of carbonyl (C=O) groups is 1. The number of hydrogen-bond donors (Lipinski definition) is 1. The number of nitrogens with one attached hydrogen (secondary N) is 1. The van der Waals surface area contributed by atoms with Gasteiger partial charge in [-0.1, -0.05) is 29.8 Å². The van der Waals surface area contributed by atoms with Crippen molar-refractivity contribution in [3.8, 4) is 0 Å². The normalized spacial score (nSPS) is 16.8. The van der Waals surface area contributed by atoms with Crippen LogP contribution in [0.4, 0.5) is 5.82 Å². The number of fused-ring (bicyclic) bond motifs is 1. The molecule has 1 aliphatic rings. The summed E-state index contributed by atoms with van der Waals surface area (Å²) in [7, 11) is 0. The van der Waals surface area contributed by atoms with Gasteiger partial charge in [-0.3, -0.25) is 4.79 Å². The minimum Gasteiger partial charge on any atom is -0.310 e. The lowest BCUT2D eigenvalue weighted by atomic mass is 10.1. The lowest BCUT2D eigenvalue weighted by Gasteiger charge is -2.09. The summed E-state index contributed by atoms with van der Waals surface area (Å²) >= 11 is 13.0. The van der Waals surface area contributed by atoms with Gasteiger partial charge in [0.25, 0.3) is 0 Å². The number of benzene rings is 1. The molecule has 1 unspecified atom stereocenters. The van der Waals surface area contributed by atoms with Crippen molar-refractivity contribution in [1.29, 1.82) is 0 Å². The van der Waals surface area contributed by atoms with E-state index in [1.807, 2.05) is 24.3 Å². The summed E-state index contributed by atoms with van der Waals surface area (Å²) in [6.45, 7) is 0. The minimum absolute atomic E-state index is 0.00941. The largest absolute Gasteiger partial charge is 0.310 e. The van der Waals surface area contributed by atoms with Crippen LogP contribution in [0.15, 0.2) is 35.2 Å². The molecule has 0 bridgehead atoms. The van der Waals surface area contributed by atoms with Gasteiger partial charge in [-0.05, 0) is 29.7 Å². The lowest BCUT2D eigenvalue weighted by molar-refractivity contribution is -0.115. The van der Waals surface area contributed by atoms with E-state index < -0.39 is 0 Å². The topological polar surface area (TPSA) is 54.9 Å². The molecule has 1 atom stereocenters. The fourth-order valence-corrected chi connectivity index (χ4v) is 3.59. The van der Waals surface area contributed by atoms with Crippen LogP contribution in [0.5, 0.6) is 0 Å². The van der Waals surface area contributed by atoms with Gasteiger partial charge >= 0.3 is 0 Å². The molecule has 1 aromatic carbocycles. The Bertz CT molecular complexity index is 635. The number of thioether (sulfide) groups is 1. The fraction of sp³-hybridized carbons (Fsp3) is 0.154. The zero-order valence-corrected chi connectivity index (χ0v) is 12.5. The summed E-state index contributed by atoms with van der Waals surface area (Å²) in [6, 6.07) is 9.47. The van der Waals surface area contributed by atoms with Gasteiger partial charge < -0.3 is 5.32 Å². The molecule has 7 heteroatoms. The monoisotopic (exact) mass is 325 g/mol. The van der Waals surface area contributed by atoms with E-state index in [0.29, 0.717) is 12.2 Å². The maximum Gasteiger partial charge on any atom is 0.239 e. The number of carbonyl (C=O) groups excluding carboxylic acids is 1. The first-order valence-corrected chi connectivity index (χ1v) is 7.51. The second-order valence-electron chi connectivity index (χ2n) is 4.25. The van der Waals surface area contributed by atoms with E-state index in [-0.39, 0.29) is 21.6 Å². The molecule has 0 saturated carbocycles. The average molecular weight is 326 g/mol. The highest BCUT2D eigenvalue weighted by Gasteiger charge is 2.28. The molecule has 1 aromatic heterocycles. The summed E-state index contributed by atoms with van der Waals surface area (Å²) in [5.41, 5.74) is 1.19. The molecule has 0 saturated heterocycles. The quantitative estimate of drug-likeness (QED) is 0.678. The van der Waals surface area contributed by atoms with E-state index in [4.69, 9.17) is 23.2 Å². The van der Waals surface area contributed by atoms with Crippen molar-refractivity contribution in [1.82, 2.24) is 9.97 Å².